The lowest BCUT2D eigenvalue weighted by Gasteiger charge is -2.13. The van der Waals surface area contributed by atoms with E-state index in [-0.39, 0.29) is 0 Å². The van der Waals surface area contributed by atoms with Gasteiger partial charge in [0.05, 0.1) is 0 Å². The van der Waals surface area contributed by atoms with Crippen molar-refractivity contribution in [3.63, 3.8) is 0 Å². The number of fused-ring (bicyclic) bond motifs is 2. The van der Waals surface area contributed by atoms with Gasteiger partial charge in [-0.3, -0.25) is 0 Å². The van der Waals surface area contributed by atoms with Gasteiger partial charge in [-0.25, -0.2) is 0 Å². The number of rotatable bonds is 1. The summed E-state index contributed by atoms with van der Waals surface area (Å²) >= 11 is 7.40. The Kier molecular flexibility index (Phi) is 3.51. The van der Waals surface area contributed by atoms with E-state index in [1.54, 1.807) is 0 Å². The molecule has 106 valence electrons. The summed E-state index contributed by atoms with van der Waals surface area (Å²) in [6.45, 7) is 0. The zero-order valence-electron chi connectivity index (χ0n) is 11.7. The van der Waals surface area contributed by atoms with Crippen LogP contribution >= 0.6 is 31.9 Å². The minimum absolute atomic E-state index is 1.10. The van der Waals surface area contributed by atoms with Gasteiger partial charge < -0.3 is 0 Å². The Bertz CT molecular complexity index is 1000. The molecule has 2 heteroatoms. The molecule has 0 unspecified atom stereocenters. The molecule has 0 radical (unpaired) electrons. The number of hydrogen-bond acceptors (Lipinski definition) is 0. The first-order chi connectivity index (χ1) is 10.7. The molecule has 0 amide bonds. The maximum atomic E-state index is 3.75. The lowest BCUT2D eigenvalue weighted by Crippen LogP contribution is -1.86. The third-order valence-electron chi connectivity index (χ3n) is 3.97. The molecule has 22 heavy (non-hydrogen) atoms. The fraction of sp³-hybridized carbons (Fsp3) is 0. The molecule has 0 bridgehead atoms. The van der Waals surface area contributed by atoms with Crippen LogP contribution in [-0.2, 0) is 0 Å². The van der Waals surface area contributed by atoms with Gasteiger partial charge in [0.25, 0.3) is 0 Å². The van der Waals surface area contributed by atoms with E-state index in [0.717, 1.165) is 8.95 Å². The molecule has 0 aliphatic heterocycles. The Hall–Kier alpha value is -1.64. The fourth-order valence-electron chi connectivity index (χ4n) is 3.00. The third-order valence-corrected chi connectivity index (χ3v) is 5.09. The molecule has 0 aliphatic carbocycles. The smallest absolute Gasteiger partial charge is 0.0260 e. The molecular formula is C20H12Br2. The van der Waals surface area contributed by atoms with Gasteiger partial charge in [0, 0.05) is 14.5 Å². The van der Waals surface area contributed by atoms with E-state index in [1.807, 2.05) is 0 Å². The maximum Gasteiger partial charge on any atom is 0.0260 e. The van der Waals surface area contributed by atoms with Crippen molar-refractivity contribution < 1.29 is 0 Å². The van der Waals surface area contributed by atoms with Gasteiger partial charge in [-0.1, -0.05) is 86.5 Å². The van der Waals surface area contributed by atoms with Crippen LogP contribution in [0.5, 0.6) is 0 Å². The zero-order chi connectivity index (χ0) is 15.1. The average molecular weight is 412 g/mol. The summed E-state index contributed by atoms with van der Waals surface area (Å²) in [5.41, 5.74) is 2.49. The Morgan fingerprint density at radius 3 is 2.09 bits per heavy atom. The predicted octanol–water partition coefficient (Wildman–Crippen LogP) is 7.19. The van der Waals surface area contributed by atoms with Crippen molar-refractivity contribution in [3.05, 3.63) is 81.7 Å². The van der Waals surface area contributed by atoms with E-state index in [4.69, 9.17) is 0 Å². The molecule has 0 aliphatic rings. The van der Waals surface area contributed by atoms with Crippen LogP contribution in [-0.4, -0.2) is 0 Å². The summed E-state index contributed by atoms with van der Waals surface area (Å²) in [6.07, 6.45) is 0. The third kappa shape index (κ3) is 2.27. The summed E-state index contributed by atoms with van der Waals surface area (Å²) < 4.78 is 2.22. The lowest BCUT2D eigenvalue weighted by atomic mass is 9.94. The molecule has 0 nitrogen and oxygen atoms in total. The van der Waals surface area contributed by atoms with Crippen molar-refractivity contribution in [2.75, 3.05) is 0 Å². The molecule has 0 saturated heterocycles. The van der Waals surface area contributed by atoms with Crippen LogP contribution in [0.4, 0.5) is 0 Å². The highest BCUT2D eigenvalue weighted by atomic mass is 79.9. The summed E-state index contributed by atoms with van der Waals surface area (Å²) in [7, 11) is 0. The predicted molar refractivity (Wildman–Crippen MR) is 102 cm³/mol. The Balaban J connectivity index is 2.18. The first kappa shape index (κ1) is 14.0. The van der Waals surface area contributed by atoms with Crippen LogP contribution in [0.15, 0.2) is 81.7 Å². The zero-order valence-corrected chi connectivity index (χ0v) is 14.9. The average Bonchev–Trinajstić information content (AvgIpc) is 2.54. The molecule has 0 saturated carbocycles. The molecule has 0 spiro atoms. The van der Waals surface area contributed by atoms with Crippen LogP contribution in [0.25, 0.3) is 32.7 Å². The van der Waals surface area contributed by atoms with Crippen molar-refractivity contribution in [2.24, 2.45) is 0 Å². The fourth-order valence-corrected chi connectivity index (χ4v) is 4.03. The minimum Gasteiger partial charge on any atom is -0.0616 e. The van der Waals surface area contributed by atoms with Crippen molar-refractivity contribution in [2.45, 2.75) is 0 Å². The Morgan fingerprint density at radius 1 is 0.591 bits per heavy atom. The van der Waals surface area contributed by atoms with Crippen LogP contribution < -0.4 is 0 Å². The SMILES string of the molecule is Brc1cc(-c2c(Br)ccc3ccccc23)c2ccccc2c1. The molecule has 4 aromatic rings. The van der Waals surface area contributed by atoms with Crippen LogP contribution in [0.2, 0.25) is 0 Å². The summed E-state index contributed by atoms with van der Waals surface area (Å²) in [6, 6.07) is 25.7. The molecule has 0 heterocycles. The van der Waals surface area contributed by atoms with E-state index in [2.05, 4.69) is 105 Å². The number of halogens is 2. The van der Waals surface area contributed by atoms with Crippen molar-refractivity contribution >= 4 is 53.4 Å². The van der Waals surface area contributed by atoms with E-state index in [0.29, 0.717) is 0 Å². The monoisotopic (exact) mass is 410 g/mol. The summed E-state index contributed by atoms with van der Waals surface area (Å²) in [5.74, 6) is 0. The van der Waals surface area contributed by atoms with Gasteiger partial charge >= 0.3 is 0 Å². The van der Waals surface area contributed by atoms with Gasteiger partial charge in [0.1, 0.15) is 0 Å². The second-order valence-corrected chi connectivity index (χ2v) is 7.09. The largest absolute Gasteiger partial charge is 0.0616 e. The first-order valence-corrected chi connectivity index (χ1v) is 8.68. The highest BCUT2D eigenvalue weighted by molar-refractivity contribution is 9.10. The van der Waals surface area contributed by atoms with E-state index >= 15 is 0 Å². The van der Waals surface area contributed by atoms with Gasteiger partial charge in [-0.05, 0) is 45.3 Å². The summed E-state index contributed by atoms with van der Waals surface area (Å²) in [4.78, 5) is 0. The second-order valence-electron chi connectivity index (χ2n) is 5.32. The topological polar surface area (TPSA) is 0 Å². The van der Waals surface area contributed by atoms with Crippen LogP contribution in [0, 0.1) is 0 Å². The van der Waals surface area contributed by atoms with Gasteiger partial charge in [-0.2, -0.15) is 0 Å². The van der Waals surface area contributed by atoms with E-state index in [9.17, 15) is 0 Å². The van der Waals surface area contributed by atoms with Gasteiger partial charge in [0.2, 0.25) is 0 Å². The van der Waals surface area contributed by atoms with E-state index < -0.39 is 0 Å². The second kappa shape index (κ2) is 5.53. The lowest BCUT2D eigenvalue weighted by molar-refractivity contribution is 1.63. The molecule has 0 atom stereocenters. The molecule has 4 rings (SSSR count). The van der Waals surface area contributed by atoms with Gasteiger partial charge in [-0.15, -0.1) is 0 Å². The molecule has 0 fully saturated rings. The molecule has 0 aromatic heterocycles. The minimum atomic E-state index is 1.10. The van der Waals surface area contributed by atoms with E-state index in [1.165, 1.54) is 32.7 Å². The molecule has 0 N–H and O–H groups in total. The Labute approximate surface area is 146 Å². The van der Waals surface area contributed by atoms with Crippen molar-refractivity contribution in [1.29, 1.82) is 0 Å². The first-order valence-electron chi connectivity index (χ1n) is 7.10. The number of benzene rings is 4. The maximum absolute atomic E-state index is 3.75. The quantitative estimate of drug-likeness (QED) is 0.311. The highest BCUT2D eigenvalue weighted by Gasteiger charge is 2.12. The highest BCUT2D eigenvalue weighted by Crippen LogP contribution is 2.40. The summed E-state index contributed by atoms with van der Waals surface area (Å²) in [5, 5.41) is 5.03. The van der Waals surface area contributed by atoms with Crippen molar-refractivity contribution in [3.8, 4) is 11.1 Å². The molecular weight excluding hydrogens is 400 g/mol. The number of hydrogen-bond donors (Lipinski definition) is 0. The standard InChI is InChI=1S/C20H12Br2/c21-15-11-14-6-2-3-7-16(14)18(12-15)20-17-8-4-1-5-13(17)9-10-19(20)22/h1-12H. The van der Waals surface area contributed by atoms with Crippen LogP contribution in [0.1, 0.15) is 0 Å². The van der Waals surface area contributed by atoms with Crippen molar-refractivity contribution in [1.82, 2.24) is 0 Å². The Morgan fingerprint density at radius 2 is 1.27 bits per heavy atom. The normalized spacial score (nSPS) is 11.2. The molecule has 4 aromatic carbocycles. The van der Waals surface area contributed by atoms with Crippen LogP contribution in [0.3, 0.4) is 0 Å². The van der Waals surface area contributed by atoms with Gasteiger partial charge in [0.15, 0.2) is 0 Å².